The highest BCUT2D eigenvalue weighted by Crippen LogP contribution is 2.44. The van der Waals surface area contributed by atoms with Crippen molar-refractivity contribution in [2.24, 2.45) is 0 Å². The topological polar surface area (TPSA) is 34.1 Å². The Morgan fingerprint density at radius 3 is 1.81 bits per heavy atom. The largest absolute Gasteiger partial charge is 0.224 e. The van der Waals surface area contributed by atoms with Crippen LogP contribution in [0.1, 0.15) is 126 Å². The van der Waals surface area contributed by atoms with E-state index < -0.39 is 9.84 Å². The molecule has 0 aliphatic carbocycles. The van der Waals surface area contributed by atoms with Crippen LogP contribution in [0, 0.1) is 13.8 Å². The Morgan fingerprint density at radius 1 is 0.694 bits per heavy atom. The first kappa shape index (κ1) is 31.9. The molecule has 0 radical (unpaired) electrons. The molecule has 0 unspecified atom stereocenters. The molecule has 0 bridgehead atoms. The SMILES string of the molecule is CCCCCCCCCCSc1cc(C)sc1-c1cc(S(=O)(=O)CCCCCCCCCC)c(C)s1. The molecule has 206 valence electrons. The van der Waals surface area contributed by atoms with E-state index in [0.717, 1.165) is 34.8 Å². The average Bonchev–Trinajstić information content (AvgIpc) is 3.42. The highest BCUT2D eigenvalue weighted by molar-refractivity contribution is 7.99. The Kier molecular flexibility index (Phi) is 16.0. The van der Waals surface area contributed by atoms with Crippen LogP contribution in [-0.2, 0) is 9.84 Å². The van der Waals surface area contributed by atoms with Crippen molar-refractivity contribution < 1.29 is 8.42 Å². The van der Waals surface area contributed by atoms with E-state index in [-0.39, 0.29) is 5.75 Å². The molecule has 0 saturated heterocycles. The zero-order chi connectivity index (χ0) is 26.2. The van der Waals surface area contributed by atoms with Gasteiger partial charge in [0.1, 0.15) is 0 Å². The standard InChI is InChI=1S/C30H50O2S4/c1-5-7-9-11-13-15-17-19-21-33-27-23-25(3)34-30(27)28-24-29(26(4)35-28)36(31,32)22-20-18-16-14-12-10-8-6-2/h23-24H,5-22H2,1-4H3. The molecule has 6 heteroatoms. The fourth-order valence-corrected chi connectivity index (χ4v) is 10.2. The third-order valence-electron chi connectivity index (χ3n) is 6.77. The van der Waals surface area contributed by atoms with Crippen LogP contribution >= 0.6 is 34.4 Å². The van der Waals surface area contributed by atoms with Crippen molar-refractivity contribution in [3.05, 3.63) is 21.9 Å². The Balaban J connectivity index is 1.85. The molecule has 0 amide bonds. The Bertz CT molecular complexity index is 956. The summed E-state index contributed by atoms with van der Waals surface area (Å²) in [5.41, 5.74) is 0. The van der Waals surface area contributed by atoms with Crippen molar-refractivity contribution >= 4 is 44.3 Å². The Labute approximate surface area is 235 Å². The second-order valence-electron chi connectivity index (χ2n) is 10.2. The van der Waals surface area contributed by atoms with Gasteiger partial charge in [0.15, 0.2) is 9.84 Å². The average molecular weight is 571 g/mol. The zero-order valence-electron chi connectivity index (χ0n) is 23.3. The highest BCUT2D eigenvalue weighted by atomic mass is 32.2. The van der Waals surface area contributed by atoms with Crippen LogP contribution < -0.4 is 0 Å². The lowest BCUT2D eigenvalue weighted by atomic mass is 10.1. The minimum absolute atomic E-state index is 0.280. The van der Waals surface area contributed by atoms with Crippen LogP contribution in [0.15, 0.2) is 21.9 Å². The summed E-state index contributed by atoms with van der Waals surface area (Å²) in [7, 11) is -3.21. The third kappa shape index (κ3) is 11.6. The van der Waals surface area contributed by atoms with E-state index in [4.69, 9.17) is 0 Å². The summed E-state index contributed by atoms with van der Waals surface area (Å²) in [6.07, 6.45) is 20.1. The van der Waals surface area contributed by atoms with Crippen molar-refractivity contribution in [1.82, 2.24) is 0 Å². The Morgan fingerprint density at radius 2 is 1.22 bits per heavy atom. The molecule has 0 fully saturated rings. The van der Waals surface area contributed by atoms with Gasteiger partial charge < -0.3 is 0 Å². The van der Waals surface area contributed by atoms with Crippen LogP contribution in [-0.4, -0.2) is 19.9 Å². The normalized spacial score (nSPS) is 12.0. The molecule has 0 spiro atoms. The number of hydrogen-bond donors (Lipinski definition) is 0. The fourth-order valence-electron chi connectivity index (χ4n) is 4.61. The maximum Gasteiger partial charge on any atom is 0.179 e. The molecule has 36 heavy (non-hydrogen) atoms. The Hall–Kier alpha value is -0.300. The maximum atomic E-state index is 13.1. The van der Waals surface area contributed by atoms with Gasteiger partial charge in [-0.1, -0.05) is 104 Å². The number of aryl methyl sites for hydroxylation is 2. The molecular formula is C30H50O2S4. The second kappa shape index (κ2) is 18.1. The predicted octanol–water partition coefficient (Wildman–Crippen LogP) is 11.2. The molecule has 2 aromatic rings. The number of thioether (sulfide) groups is 1. The molecule has 0 aliphatic heterocycles. The molecular weight excluding hydrogens is 521 g/mol. The van der Waals surface area contributed by atoms with Gasteiger partial charge in [-0.2, -0.15) is 0 Å². The van der Waals surface area contributed by atoms with Gasteiger partial charge in [-0.25, -0.2) is 8.42 Å². The minimum Gasteiger partial charge on any atom is -0.224 e. The van der Waals surface area contributed by atoms with Gasteiger partial charge >= 0.3 is 0 Å². The van der Waals surface area contributed by atoms with Crippen molar-refractivity contribution in [1.29, 1.82) is 0 Å². The summed E-state index contributed by atoms with van der Waals surface area (Å²) >= 11 is 5.41. The fraction of sp³-hybridized carbons (Fsp3) is 0.733. The number of unbranched alkanes of at least 4 members (excludes halogenated alkanes) is 14. The van der Waals surface area contributed by atoms with Gasteiger partial charge in [-0.15, -0.1) is 34.4 Å². The van der Waals surface area contributed by atoms with Gasteiger partial charge in [-0.05, 0) is 44.6 Å². The summed E-state index contributed by atoms with van der Waals surface area (Å²) in [6, 6.07) is 4.25. The quantitative estimate of drug-likeness (QED) is 0.111. The minimum atomic E-state index is -3.21. The van der Waals surface area contributed by atoms with E-state index >= 15 is 0 Å². The molecule has 0 aromatic carbocycles. The van der Waals surface area contributed by atoms with Crippen molar-refractivity contribution in [2.75, 3.05) is 11.5 Å². The number of hydrogen-bond acceptors (Lipinski definition) is 5. The van der Waals surface area contributed by atoms with E-state index in [1.54, 1.807) is 22.7 Å². The smallest absolute Gasteiger partial charge is 0.179 e. The molecule has 0 saturated carbocycles. The van der Waals surface area contributed by atoms with Gasteiger partial charge in [0.2, 0.25) is 0 Å². The lowest BCUT2D eigenvalue weighted by Gasteiger charge is -2.04. The third-order valence-corrected chi connectivity index (χ3v) is 12.4. The van der Waals surface area contributed by atoms with E-state index in [2.05, 4.69) is 26.8 Å². The molecule has 2 rings (SSSR count). The highest BCUT2D eigenvalue weighted by Gasteiger charge is 2.22. The summed E-state index contributed by atoms with van der Waals surface area (Å²) in [5, 5.41) is 0. The second-order valence-corrected chi connectivity index (χ2v) is 15.9. The zero-order valence-corrected chi connectivity index (χ0v) is 26.6. The lowest BCUT2D eigenvalue weighted by molar-refractivity contribution is 0.572. The molecule has 0 N–H and O–H groups in total. The van der Waals surface area contributed by atoms with Gasteiger partial charge in [0, 0.05) is 19.5 Å². The van der Waals surface area contributed by atoms with Crippen LogP contribution in [0.3, 0.4) is 0 Å². The number of sulfone groups is 1. The van der Waals surface area contributed by atoms with Crippen molar-refractivity contribution in [3.63, 3.8) is 0 Å². The first-order valence-electron chi connectivity index (χ1n) is 14.5. The lowest BCUT2D eigenvalue weighted by Crippen LogP contribution is -2.07. The van der Waals surface area contributed by atoms with Crippen LogP contribution in [0.5, 0.6) is 0 Å². The number of thiophene rings is 2. The summed E-state index contributed by atoms with van der Waals surface area (Å²) in [5.74, 6) is 1.43. The molecule has 2 heterocycles. The van der Waals surface area contributed by atoms with Crippen LogP contribution in [0.25, 0.3) is 9.75 Å². The van der Waals surface area contributed by atoms with Crippen LogP contribution in [0.2, 0.25) is 0 Å². The van der Waals surface area contributed by atoms with Gasteiger partial charge in [0.05, 0.1) is 15.5 Å². The molecule has 0 atom stereocenters. The number of rotatable bonds is 21. The first-order valence-corrected chi connectivity index (χ1v) is 18.7. The summed E-state index contributed by atoms with van der Waals surface area (Å²) in [4.78, 5) is 6.52. The van der Waals surface area contributed by atoms with Crippen LogP contribution in [0.4, 0.5) is 0 Å². The molecule has 2 aromatic heterocycles. The summed E-state index contributed by atoms with van der Waals surface area (Å²) < 4.78 is 26.2. The van der Waals surface area contributed by atoms with Crippen molar-refractivity contribution in [3.8, 4) is 9.75 Å². The van der Waals surface area contributed by atoms with Gasteiger partial charge in [0.25, 0.3) is 0 Å². The first-order chi connectivity index (χ1) is 17.4. The van der Waals surface area contributed by atoms with Crippen molar-refractivity contribution in [2.45, 2.75) is 140 Å². The van der Waals surface area contributed by atoms with E-state index in [1.807, 2.05) is 24.8 Å². The monoisotopic (exact) mass is 570 g/mol. The maximum absolute atomic E-state index is 13.1. The van der Waals surface area contributed by atoms with E-state index in [0.29, 0.717) is 4.90 Å². The van der Waals surface area contributed by atoms with E-state index in [1.165, 1.54) is 98.1 Å². The summed E-state index contributed by atoms with van der Waals surface area (Å²) in [6.45, 7) is 8.64. The van der Waals surface area contributed by atoms with E-state index in [9.17, 15) is 8.42 Å². The van der Waals surface area contributed by atoms with Gasteiger partial charge in [-0.3, -0.25) is 0 Å². The molecule has 2 nitrogen and oxygen atoms in total. The predicted molar refractivity (Wildman–Crippen MR) is 165 cm³/mol. The molecule has 0 aliphatic rings.